The molecule has 3 aliphatic carbocycles. The van der Waals surface area contributed by atoms with Crippen molar-refractivity contribution in [3.8, 4) is 0 Å². The van der Waals surface area contributed by atoms with Gasteiger partial charge in [0.1, 0.15) is 0 Å². The van der Waals surface area contributed by atoms with Gasteiger partial charge in [-0.1, -0.05) is 20.8 Å². The smallest absolute Gasteiger partial charge is 0.223 e. The van der Waals surface area contributed by atoms with Gasteiger partial charge in [0.2, 0.25) is 11.8 Å². The Morgan fingerprint density at radius 1 is 1.18 bits per heavy atom. The summed E-state index contributed by atoms with van der Waals surface area (Å²) in [4.78, 5) is 24.8. The Kier molecular flexibility index (Phi) is 6.70. The first-order valence-electron chi connectivity index (χ1n) is 11.0. The van der Waals surface area contributed by atoms with Crippen LogP contribution in [0.25, 0.3) is 0 Å². The molecular formula is C22H38N2O4. The predicted octanol–water partition coefficient (Wildman–Crippen LogP) is 2.25. The van der Waals surface area contributed by atoms with Crippen LogP contribution in [0.15, 0.2) is 0 Å². The molecule has 0 aromatic heterocycles. The molecule has 0 aromatic rings. The molecule has 3 N–H and O–H groups in total. The summed E-state index contributed by atoms with van der Waals surface area (Å²) in [6, 6.07) is 0.424. The molecule has 3 fully saturated rings. The molecule has 0 saturated heterocycles. The van der Waals surface area contributed by atoms with Crippen molar-refractivity contribution >= 4 is 11.8 Å². The largest absolute Gasteiger partial charge is 0.392 e. The molecule has 0 aliphatic heterocycles. The number of rotatable bonds is 7. The van der Waals surface area contributed by atoms with Crippen LogP contribution in [-0.2, 0) is 14.3 Å². The highest BCUT2D eigenvalue weighted by Gasteiger charge is 2.54. The van der Waals surface area contributed by atoms with Gasteiger partial charge in [-0.25, -0.2) is 0 Å². The quantitative estimate of drug-likeness (QED) is 0.618. The van der Waals surface area contributed by atoms with Crippen LogP contribution in [-0.4, -0.2) is 48.8 Å². The lowest BCUT2D eigenvalue weighted by atomic mass is 9.51. The minimum atomic E-state index is -0.507. The monoisotopic (exact) mass is 394 g/mol. The Morgan fingerprint density at radius 2 is 1.86 bits per heavy atom. The fourth-order valence-corrected chi connectivity index (χ4v) is 5.73. The van der Waals surface area contributed by atoms with Gasteiger partial charge in [-0.3, -0.25) is 9.59 Å². The molecule has 0 spiro atoms. The van der Waals surface area contributed by atoms with Crippen molar-refractivity contribution in [3.63, 3.8) is 0 Å². The highest BCUT2D eigenvalue weighted by molar-refractivity contribution is 5.79. The van der Waals surface area contributed by atoms with E-state index in [0.717, 1.165) is 38.5 Å². The topological polar surface area (TPSA) is 87.7 Å². The van der Waals surface area contributed by atoms with Gasteiger partial charge < -0.3 is 20.5 Å². The molecule has 6 heteroatoms. The van der Waals surface area contributed by atoms with E-state index < -0.39 is 6.10 Å². The molecule has 0 aromatic carbocycles. The van der Waals surface area contributed by atoms with Crippen molar-refractivity contribution in [2.24, 2.45) is 29.1 Å². The van der Waals surface area contributed by atoms with E-state index in [0.29, 0.717) is 19.1 Å². The third kappa shape index (κ3) is 4.54. The Labute approximate surface area is 169 Å². The molecule has 160 valence electrons. The summed E-state index contributed by atoms with van der Waals surface area (Å²) < 4.78 is 5.00. The van der Waals surface area contributed by atoms with Crippen LogP contribution in [0.4, 0.5) is 0 Å². The van der Waals surface area contributed by atoms with Gasteiger partial charge in [-0.05, 0) is 61.7 Å². The summed E-state index contributed by atoms with van der Waals surface area (Å²) in [5.41, 5.74) is 0.0791. The minimum absolute atomic E-state index is 0.0118. The molecule has 2 amide bonds. The van der Waals surface area contributed by atoms with Gasteiger partial charge in [0.25, 0.3) is 0 Å². The first-order valence-corrected chi connectivity index (χ1v) is 11.0. The molecule has 0 radical (unpaired) electrons. The van der Waals surface area contributed by atoms with Crippen molar-refractivity contribution in [1.29, 1.82) is 0 Å². The van der Waals surface area contributed by atoms with Crippen molar-refractivity contribution in [2.75, 3.05) is 13.7 Å². The normalized spacial score (nSPS) is 39.0. The maximum absolute atomic E-state index is 12.6. The van der Waals surface area contributed by atoms with Gasteiger partial charge in [0, 0.05) is 31.5 Å². The van der Waals surface area contributed by atoms with Gasteiger partial charge >= 0.3 is 0 Å². The first-order chi connectivity index (χ1) is 13.3. The average Bonchev–Trinajstić information content (AvgIpc) is 3.46. The Bertz CT molecular complexity index is 579. The number of aliphatic hydroxyl groups is 1. The van der Waals surface area contributed by atoms with Crippen LogP contribution >= 0.6 is 0 Å². The zero-order valence-electron chi connectivity index (χ0n) is 17.9. The van der Waals surface area contributed by atoms with E-state index in [2.05, 4.69) is 24.5 Å². The molecule has 3 saturated carbocycles. The summed E-state index contributed by atoms with van der Waals surface area (Å²) in [6.07, 6.45) is 5.89. The fourth-order valence-electron chi connectivity index (χ4n) is 5.73. The van der Waals surface area contributed by atoms with Crippen LogP contribution in [0.2, 0.25) is 0 Å². The van der Waals surface area contributed by atoms with E-state index in [1.54, 1.807) is 7.11 Å². The first kappa shape index (κ1) is 21.6. The van der Waals surface area contributed by atoms with E-state index in [-0.39, 0.29) is 46.9 Å². The molecule has 28 heavy (non-hydrogen) atoms. The Hall–Kier alpha value is -1.14. The van der Waals surface area contributed by atoms with E-state index in [1.807, 2.05) is 6.92 Å². The summed E-state index contributed by atoms with van der Waals surface area (Å²) in [6.45, 7) is 6.83. The lowest BCUT2D eigenvalue weighted by molar-refractivity contribution is -0.144. The summed E-state index contributed by atoms with van der Waals surface area (Å²) in [7, 11) is 1.60. The second-order valence-corrected chi connectivity index (χ2v) is 9.76. The van der Waals surface area contributed by atoms with Crippen molar-refractivity contribution in [2.45, 2.75) is 83.9 Å². The summed E-state index contributed by atoms with van der Waals surface area (Å²) >= 11 is 0. The van der Waals surface area contributed by atoms with E-state index in [9.17, 15) is 14.7 Å². The second kappa shape index (κ2) is 8.70. The highest BCUT2D eigenvalue weighted by atomic mass is 16.5. The zero-order chi connectivity index (χ0) is 20.5. The standard InChI is InChI=1S/C22H38N2O4/c1-13(21(27)23-15-5-6-15)16-7-10-22(3)11-8-17(14(2)19(22)20(16)26)24-18(25)9-12-28-4/h13-17,19-20,26H,5-12H2,1-4H3,(H,23,27)(H,24,25)/t13?,14-,16+,17+,19-,20+,22+/m1/s1. The summed E-state index contributed by atoms with van der Waals surface area (Å²) in [5.74, 6) is 0.196. The molecular weight excluding hydrogens is 356 g/mol. The number of methoxy groups -OCH3 is 1. The van der Waals surface area contributed by atoms with Crippen LogP contribution in [0.5, 0.6) is 0 Å². The molecule has 0 bridgehead atoms. The highest BCUT2D eigenvalue weighted by Crippen LogP contribution is 2.55. The van der Waals surface area contributed by atoms with Gasteiger partial charge in [-0.15, -0.1) is 0 Å². The van der Waals surface area contributed by atoms with Crippen LogP contribution in [0, 0.1) is 29.1 Å². The third-order valence-electron chi connectivity index (χ3n) is 7.75. The lowest BCUT2D eigenvalue weighted by Gasteiger charge is -2.56. The number of nitrogens with one attached hydrogen (secondary N) is 2. The number of hydrogen-bond acceptors (Lipinski definition) is 4. The third-order valence-corrected chi connectivity index (χ3v) is 7.75. The maximum atomic E-state index is 12.6. The maximum Gasteiger partial charge on any atom is 0.223 e. The van der Waals surface area contributed by atoms with Gasteiger partial charge in [0.05, 0.1) is 12.7 Å². The van der Waals surface area contributed by atoms with Gasteiger partial charge in [-0.2, -0.15) is 0 Å². The number of fused-ring (bicyclic) bond motifs is 1. The van der Waals surface area contributed by atoms with Crippen molar-refractivity contribution in [3.05, 3.63) is 0 Å². The number of amides is 2. The molecule has 6 nitrogen and oxygen atoms in total. The van der Waals surface area contributed by atoms with Crippen LogP contribution in [0.3, 0.4) is 0 Å². The molecule has 3 rings (SSSR count). The number of carbonyl (C=O) groups is 2. The lowest BCUT2D eigenvalue weighted by Crippen LogP contribution is -2.58. The van der Waals surface area contributed by atoms with E-state index >= 15 is 0 Å². The zero-order valence-corrected chi connectivity index (χ0v) is 17.9. The average molecular weight is 395 g/mol. The molecule has 3 aliphatic rings. The molecule has 0 heterocycles. The Balaban J connectivity index is 1.67. The minimum Gasteiger partial charge on any atom is -0.392 e. The second-order valence-electron chi connectivity index (χ2n) is 9.76. The summed E-state index contributed by atoms with van der Waals surface area (Å²) in [5, 5.41) is 17.6. The predicted molar refractivity (Wildman–Crippen MR) is 107 cm³/mol. The van der Waals surface area contributed by atoms with Crippen LogP contribution in [0.1, 0.15) is 65.7 Å². The van der Waals surface area contributed by atoms with E-state index in [1.165, 1.54) is 0 Å². The number of carbonyl (C=O) groups excluding carboxylic acids is 2. The van der Waals surface area contributed by atoms with Crippen molar-refractivity contribution in [1.82, 2.24) is 10.6 Å². The van der Waals surface area contributed by atoms with Crippen LogP contribution < -0.4 is 10.6 Å². The number of ether oxygens (including phenoxy) is 1. The SMILES string of the molecule is COCCC(=O)N[C@H]1CC[C@]2(C)CC[C@@H](C(C)C(=O)NC3CC3)[C@H](O)[C@H]2[C@@H]1C. The van der Waals surface area contributed by atoms with Crippen molar-refractivity contribution < 1.29 is 19.4 Å². The molecule has 7 atom stereocenters. The fraction of sp³-hybridized carbons (Fsp3) is 0.909. The van der Waals surface area contributed by atoms with E-state index in [4.69, 9.17) is 4.74 Å². The molecule has 1 unspecified atom stereocenters. The van der Waals surface area contributed by atoms with Gasteiger partial charge in [0.15, 0.2) is 0 Å². The Morgan fingerprint density at radius 3 is 2.50 bits per heavy atom. The number of aliphatic hydroxyl groups excluding tert-OH is 1. The number of hydrogen-bond donors (Lipinski definition) is 3.